The third-order valence-electron chi connectivity index (χ3n) is 2.71. The van der Waals surface area contributed by atoms with Crippen molar-refractivity contribution in [1.29, 1.82) is 0 Å². The average molecular weight is 1040 g/mol. The summed E-state index contributed by atoms with van der Waals surface area (Å²) in [4.78, 5) is 0. The van der Waals surface area contributed by atoms with Gasteiger partial charge in [-0.15, -0.1) is 8.42 Å². The van der Waals surface area contributed by atoms with Crippen LogP contribution in [-0.2, 0) is 10.4 Å². The fraction of sp³-hybridized carbons (Fsp3) is 0. The van der Waals surface area contributed by atoms with E-state index in [9.17, 15) is 8.42 Å². The molecule has 2 aromatic rings. The zero-order valence-corrected chi connectivity index (χ0v) is 28.5. The molecule has 0 aromatic heterocycles. The quantitative estimate of drug-likeness (QED) is 0.226. The monoisotopic (exact) mass is 1030 g/mol. The van der Waals surface area contributed by atoms with Gasteiger partial charge < -0.3 is 8.37 Å². The molecule has 27 heavy (non-hydrogen) atoms. The van der Waals surface area contributed by atoms with Crippen LogP contribution in [0.15, 0.2) is 44.7 Å². The Morgan fingerprint density at radius 3 is 0.815 bits per heavy atom. The summed E-state index contributed by atoms with van der Waals surface area (Å²) in [5.41, 5.74) is 0. The van der Waals surface area contributed by atoms with Crippen LogP contribution in [0.1, 0.15) is 0 Å². The lowest BCUT2D eigenvalue weighted by Crippen LogP contribution is -2.18. The Kier molecular flexibility index (Phi) is 9.80. The summed E-state index contributed by atoms with van der Waals surface area (Å²) in [6, 6.07) is 0. The van der Waals surface area contributed by atoms with Crippen LogP contribution in [0, 0.1) is 0 Å². The van der Waals surface area contributed by atoms with Crippen molar-refractivity contribution in [3.05, 3.63) is 44.7 Å². The maximum atomic E-state index is 12.6. The summed E-state index contributed by atoms with van der Waals surface area (Å²) in [7, 11) is -4.50. The van der Waals surface area contributed by atoms with Gasteiger partial charge in [-0.2, -0.15) is 0 Å². The van der Waals surface area contributed by atoms with Crippen molar-refractivity contribution in [1.82, 2.24) is 0 Å². The Balaban J connectivity index is 2.53. The third kappa shape index (κ3) is 5.59. The number of halogens is 10. The first kappa shape index (κ1) is 26.0. The predicted molar refractivity (Wildman–Crippen MR) is 140 cm³/mol. The maximum absolute atomic E-state index is 12.6. The molecular formula is C12Br10O4S. The number of rotatable bonds is 4. The Bertz CT molecular complexity index is 918. The van der Waals surface area contributed by atoms with Crippen molar-refractivity contribution in [2.75, 3.05) is 0 Å². The van der Waals surface area contributed by atoms with Gasteiger partial charge >= 0.3 is 10.4 Å². The van der Waals surface area contributed by atoms with Crippen molar-refractivity contribution in [3.63, 3.8) is 0 Å². The lowest BCUT2D eigenvalue weighted by molar-refractivity contribution is 0.388. The van der Waals surface area contributed by atoms with Gasteiger partial charge in [-0.1, -0.05) is 0 Å². The lowest BCUT2D eigenvalue weighted by atomic mass is 10.3. The minimum Gasteiger partial charge on any atom is -0.350 e. The fourth-order valence-corrected chi connectivity index (χ4v) is 9.09. The van der Waals surface area contributed by atoms with Crippen LogP contribution in [-0.4, -0.2) is 8.42 Å². The molecule has 148 valence electrons. The van der Waals surface area contributed by atoms with Gasteiger partial charge in [-0.05, 0) is 159 Å². The van der Waals surface area contributed by atoms with Gasteiger partial charge in [0.2, 0.25) is 0 Å². The second-order valence-electron chi connectivity index (χ2n) is 4.37. The van der Waals surface area contributed by atoms with E-state index >= 15 is 0 Å². The molecule has 2 rings (SSSR count). The highest BCUT2D eigenvalue weighted by Crippen LogP contribution is 2.51. The average Bonchev–Trinajstić information content (AvgIpc) is 2.62. The molecule has 2 aromatic carbocycles. The number of hydrogen-bond acceptors (Lipinski definition) is 4. The summed E-state index contributed by atoms with van der Waals surface area (Å²) < 4.78 is 40.6. The Labute approximate surface area is 238 Å². The molecule has 15 heteroatoms. The predicted octanol–water partition coefficient (Wildman–Crippen LogP) is 10.0. The van der Waals surface area contributed by atoms with Crippen LogP contribution in [0.3, 0.4) is 0 Å². The third-order valence-corrected chi connectivity index (χ3v) is 15.5. The van der Waals surface area contributed by atoms with Crippen molar-refractivity contribution in [2.45, 2.75) is 0 Å². The molecule has 0 spiro atoms. The minimum atomic E-state index is -4.50. The zero-order chi connectivity index (χ0) is 20.8. The standard InChI is InChI=1S/C12Br10O4S/c13-1-3(15)7(19)11(8(20)4(1)16)25-27(23,24)26-12-9(21)5(17)2(14)6(18)10(12)22. The Morgan fingerprint density at radius 2 is 0.593 bits per heavy atom. The van der Waals surface area contributed by atoms with Crippen molar-refractivity contribution in [2.24, 2.45) is 0 Å². The molecule has 4 nitrogen and oxygen atoms in total. The molecule has 0 saturated carbocycles. The molecule has 0 atom stereocenters. The van der Waals surface area contributed by atoms with E-state index < -0.39 is 10.4 Å². The summed E-state index contributed by atoms with van der Waals surface area (Å²) in [6.07, 6.45) is 0. The number of hydrogen-bond donors (Lipinski definition) is 0. The van der Waals surface area contributed by atoms with E-state index in [1.807, 2.05) is 0 Å². The van der Waals surface area contributed by atoms with E-state index in [0.29, 0.717) is 44.7 Å². The highest BCUT2D eigenvalue weighted by molar-refractivity contribution is 9.16. The van der Waals surface area contributed by atoms with Gasteiger partial charge in [0, 0.05) is 8.95 Å². The van der Waals surface area contributed by atoms with Crippen molar-refractivity contribution < 1.29 is 16.8 Å². The lowest BCUT2D eigenvalue weighted by Gasteiger charge is -2.16. The van der Waals surface area contributed by atoms with Gasteiger partial charge in [0.25, 0.3) is 0 Å². The van der Waals surface area contributed by atoms with E-state index in [1.54, 1.807) is 0 Å². The molecule has 0 amide bonds. The topological polar surface area (TPSA) is 52.6 Å². The van der Waals surface area contributed by atoms with Gasteiger partial charge in [0.05, 0.1) is 35.8 Å². The van der Waals surface area contributed by atoms with Gasteiger partial charge in [-0.25, -0.2) is 0 Å². The van der Waals surface area contributed by atoms with Crippen molar-refractivity contribution >= 4 is 170 Å². The summed E-state index contributed by atoms with van der Waals surface area (Å²) in [5, 5.41) is 0. The van der Waals surface area contributed by atoms with Crippen molar-refractivity contribution in [3.8, 4) is 11.5 Å². The van der Waals surface area contributed by atoms with Crippen LogP contribution >= 0.6 is 159 Å². The second kappa shape index (κ2) is 10.2. The van der Waals surface area contributed by atoms with Gasteiger partial charge in [-0.3, -0.25) is 0 Å². The van der Waals surface area contributed by atoms with E-state index in [1.165, 1.54) is 0 Å². The summed E-state index contributed by atoms with van der Waals surface area (Å²) >= 11 is 33.3. The van der Waals surface area contributed by atoms with Gasteiger partial charge in [0.1, 0.15) is 0 Å². The number of benzene rings is 2. The summed E-state index contributed by atoms with van der Waals surface area (Å²) in [5.74, 6) is -0.00104. The normalized spacial score (nSPS) is 11.6. The highest BCUT2D eigenvalue weighted by atomic mass is 79.9. The first-order chi connectivity index (χ1) is 12.3. The molecule has 0 heterocycles. The second-order valence-corrected chi connectivity index (χ2v) is 13.5. The van der Waals surface area contributed by atoms with Gasteiger partial charge in [0.15, 0.2) is 11.5 Å². The first-order valence-corrected chi connectivity index (χ1v) is 15.2. The SMILES string of the molecule is O=S(=O)(Oc1c(Br)c(Br)c(Br)c(Br)c1Br)Oc1c(Br)c(Br)c(Br)c(Br)c1Br. The summed E-state index contributed by atoms with van der Waals surface area (Å²) in [6.45, 7) is 0. The van der Waals surface area contributed by atoms with E-state index in [-0.39, 0.29) is 11.5 Å². The molecule has 0 N–H and O–H groups in total. The molecule has 0 saturated heterocycles. The first-order valence-electron chi connectivity index (χ1n) is 5.96. The zero-order valence-electron chi connectivity index (χ0n) is 11.8. The fourth-order valence-electron chi connectivity index (χ4n) is 1.54. The van der Waals surface area contributed by atoms with Crippen LogP contribution < -0.4 is 8.37 Å². The molecule has 0 bridgehead atoms. The van der Waals surface area contributed by atoms with Crippen LogP contribution in [0.5, 0.6) is 11.5 Å². The Hall–Kier alpha value is 2.79. The van der Waals surface area contributed by atoms with E-state index in [2.05, 4.69) is 159 Å². The molecule has 0 fully saturated rings. The molecule has 0 aliphatic heterocycles. The highest BCUT2D eigenvalue weighted by Gasteiger charge is 2.28. The minimum absolute atomic E-state index is 0.000520. The Morgan fingerprint density at radius 1 is 0.407 bits per heavy atom. The smallest absolute Gasteiger partial charge is 0.350 e. The van der Waals surface area contributed by atoms with Crippen LogP contribution in [0.25, 0.3) is 0 Å². The largest absolute Gasteiger partial charge is 0.501 e. The van der Waals surface area contributed by atoms with E-state index in [4.69, 9.17) is 8.37 Å². The van der Waals surface area contributed by atoms with Crippen LogP contribution in [0.4, 0.5) is 0 Å². The van der Waals surface area contributed by atoms with E-state index in [0.717, 1.165) is 0 Å². The molecule has 0 aliphatic carbocycles. The maximum Gasteiger partial charge on any atom is 0.501 e. The molecule has 0 radical (unpaired) electrons. The molecule has 0 aliphatic rings. The molecule has 0 unspecified atom stereocenters. The molecular weight excluding hydrogens is 1040 g/mol. The van der Waals surface area contributed by atoms with Crippen LogP contribution in [0.2, 0.25) is 0 Å².